The van der Waals surface area contributed by atoms with E-state index >= 15 is 0 Å². The molecular formula is C15H21NO5. The molecule has 0 radical (unpaired) electrons. The number of aliphatic hydroxyl groups excluding tert-OH is 1. The van der Waals surface area contributed by atoms with Crippen molar-refractivity contribution in [1.29, 1.82) is 0 Å². The molecule has 21 heavy (non-hydrogen) atoms. The summed E-state index contributed by atoms with van der Waals surface area (Å²) in [7, 11) is 1.18. The molecule has 2 N–H and O–H groups in total. The number of ether oxygens (including phenoxy) is 2. The van der Waals surface area contributed by atoms with Gasteiger partial charge >= 0.3 is 5.97 Å². The number of esters is 1. The van der Waals surface area contributed by atoms with E-state index in [1.165, 1.54) is 7.11 Å². The van der Waals surface area contributed by atoms with Crippen molar-refractivity contribution in [3.8, 4) is 5.75 Å². The minimum Gasteiger partial charge on any atom is -0.494 e. The summed E-state index contributed by atoms with van der Waals surface area (Å²) in [5.74, 6) is -0.247. The molecule has 0 spiro atoms. The molecular weight excluding hydrogens is 274 g/mol. The van der Waals surface area contributed by atoms with Gasteiger partial charge in [0.2, 0.25) is 5.91 Å². The fourth-order valence-electron chi connectivity index (χ4n) is 1.77. The Balaban J connectivity index is 2.41. The van der Waals surface area contributed by atoms with Gasteiger partial charge in [-0.3, -0.25) is 4.79 Å². The van der Waals surface area contributed by atoms with Crippen LogP contribution in [0.5, 0.6) is 5.75 Å². The summed E-state index contributed by atoms with van der Waals surface area (Å²) in [6, 6.07) is 7.53. The van der Waals surface area contributed by atoms with Crippen LogP contribution < -0.4 is 10.1 Å². The van der Waals surface area contributed by atoms with Gasteiger partial charge in [0, 0.05) is 6.42 Å². The van der Waals surface area contributed by atoms with E-state index in [2.05, 4.69) is 10.1 Å². The second-order valence-corrected chi connectivity index (χ2v) is 4.38. The van der Waals surface area contributed by atoms with Crippen LogP contribution in [0.4, 0.5) is 0 Å². The molecule has 1 atom stereocenters. The summed E-state index contributed by atoms with van der Waals surface area (Å²) in [6.07, 6.45) is -0.566. The smallest absolute Gasteiger partial charge is 0.336 e. The van der Waals surface area contributed by atoms with Crippen molar-refractivity contribution < 1.29 is 24.2 Å². The van der Waals surface area contributed by atoms with Gasteiger partial charge in [0.15, 0.2) is 6.10 Å². The number of benzene rings is 1. The maximum absolute atomic E-state index is 11.7. The van der Waals surface area contributed by atoms with Gasteiger partial charge in [-0.1, -0.05) is 18.2 Å². The summed E-state index contributed by atoms with van der Waals surface area (Å²) in [5.41, 5.74) is 0.947. The van der Waals surface area contributed by atoms with E-state index in [4.69, 9.17) is 4.74 Å². The molecule has 0 saturated carbocycles. The first-order valence-electron chi connectivity index (χ1n) is 6.81. The van der Waals surface area contributed by atoms with Crippen LogP contribution in [0.15, 0.2) is 24.3 Å². The molecule has 1 unspecified atom stereocenters. The lowest BCUT2D eigenvalue weighted by atomic mass is 10.1. The zero-order valence-corrected chi connectivity index (χ0v) is 12.3. The molecule has 6 heteroatoms. The van der Waals surface area contributed by atoms with Gasteiger partial charge < -0.3 is 19.9 Å². The largest absolute Gasteiger partial charge is 0.494 e. The first-order valence-corrected chi connectivity index (χ1v) is 6.81. The van der Waals surface area contributed by atoms with Crippen LogP contribution in [0.1, 0.15) is 18.9 Å². The Bertz CT molecular complexity index is 475. The van der Waals surface area contributed by atoms with Crippen molar-refractivity contribution >= 4 is 11.9 Å². The number of aliphatic hydroxyl groups is 1. The minimum absolute atomic E-state index is 0.154. The number of carbonyl (C=O) groups is 2. The maximum atomic E-state index is 11.7. The highest BCUT2D eigenvalue weighted by Crippen LogP contribution is 2.19. The Labute approximate surface area is 124 Å². The molecule has 0 aromatic heterocycles. The summed E-state index contributed by atoms with van der Waals surface area (Å²) >= 11 is 0. The molecule has 0 bridgehead atoms. The number of rotatable bonds is 8. The number of methoxy groups -OCH3 is 1. The Morgan fingerprint density at radius 2 is 2.05 bits per heavy atom. The van der Waals surface area contributed by atoms with Gasteiger partial charge in [-0.05, 0) is 25.0 Å². The zero-order chi connectivity index (χ0) is 15.7. The van der Waals surface area contributed by atoms with Crippen LogP contribution in [0.25, 0.3) is 0 Å². The lowest BCUT2D eigenvalue weighted by Gasteiger charge is -2.11. The van der Waals surface area contributed by atoms with Crippen molar-refractivity contribution in [2.75, 3.05) is 20.3 Å². The van der Waals surface area contributed by atoms with Crippen LogP contribution in [-0.2, 0) is 20.7 Å². The second kappa shape index (κ2) is 8.97. The van der Waals surface area contributed by atoms with Crippen molar-refractivity contribution in [3.05, 3.63) is 29.8 Å². The average molecular weight is 295 g/mol. The molecule has 0 saturated heterocycles. The third-order valence-electron chi connectivity index (χ3n) is 2.86. The molecule has 0 aliphatic carbocycles. The molecule has 1 rings (SSSR count). The summed E-state index contributed by atoms with van der Waals surface area (Å²) < 4.78 is 9.84. The Morgan fingerprint density at radius 1 is 1.33 bits per heavy atom. The van der Waals surface area contributed by atoms with Crippen LogP contribution in [0, 0.1) is 0 Å². The Morgan fingerprint density at radius 3 is 2.71 bits per heavy atom. The number of hydrogen-bond acceptors (Lipinski definition) is 5. The lowest BCUT2D eigenvalue weighted by molar-refractivity contribution is -0.150. The summed E-state index contributed by atoms with van der Waals surface area (Å²) in [4.78, 5) is 22.7. The first kappa shape index (κ1) is 17.0. The predicted octanol–water partition coefficient (Wildman–Crippen LogP) is 0.668. The van der Waals surface area contributed by atoms with E-state index in [1.807, 2.05) is 31.2 Å². The van der Waals surface area contributed by atoms with Gasteiger partial charge in [0.1, 0.15) is 5.75 Å². The quantitative estimate of drug-likeness (QED) is 0.689. The number of carbonyl (C=O) groups excluding carboxylic acids is 2. The third-order valence-corrected chi connectivity index (χ3v) is 2.86. The molecule has 0 aliphatic rings. The molecule has 0 fully saturated rings. The fourth-order valence-corrected chi connectivity index (χ4v) is 1.77. The molecule has 116 valence electrons. The van der Waals surface area contributed by atoms with Gasteiger partial charge in [0.05, 0.1) is 20.3 Å². The van der Waals surface area contributed by atoms with E-state index in [0.29, 0.717) is 13.0 Å². The van der Waals surface area contributed by atoms with Crippen molar-refractivity contribution in [2.24, 2.45) is 0 Å². The van der Waals surface area contributed by atoms with Gasteiger partial charge in [-0.15, -0.1) is 0 Å². The molecule has 6 nitrogen and oxygen atoms in total. The van der Waals surface area contributed by atoms with Crippen LogP contribution in [0.2, 0.25) is 0 Å². The van der Waals surface area contributed by atoms with Gasteiger partial charge in [0.25, 0.3) is 0 Å². The number of hydrogen-bond donors (Lipinski definition) is 2. The van der Waals surface area contributed by atoms with Crippen LogP contribution >= 0.6 is 0 Å². The number of para-hydroxylation sites is 1. The molecule has 1 aromatic rings. The lowest BCUT2D eigenvalue weighted by Crippen LogP contribution is -2.37. The van der Waals surface area contributed by atoms with Crippen molar-refractivity contribution in [2.45, 2.75) is 25.9 Å². The fraction of sp³-hybridized carbons (Fsp3) is 0.467. The minimum atomic E-state index is -1.34. The normalized spacial score (nSPS) is 11.6. The Hall–Kier alpha value is -2.08. The monoisotopic (exact) mass is 295 g/mol. The standard InChI is InChI=1S/C15H21NO5/c1-3-21-13-7-5-4-6-11(13)8-9-14(18)16-10-12(17)15(19)20-2/h4-7,12,17H,3,8-10H2,1-2H3,(H,16,18). The molecule has 1 aromatic carbocycles. The topological polar surface area (TPSA) is 84.9 Å². The first-order chi connectivity index (χ1) is 10.1. The second-order valence-electron chi connectivity index (χ2n) is 4.38. The van der Waals surface area contributed by atoms with Crippen molar-refractivity contribution in [3.63, 3.8) is 0 Å². The van der Waals surface area contributed by atoms with Crippen LogP contribution in [0.3, 0.4) is 0 Å². The number of amides is 1. The Kier molecular flexibility index (Phi) is 7.25. The number of nitrogens with one attached hydrogen (secondary N) is 1. The van der Waals surface area contributed by atoms with E-state index in [9.17, 15) is 14.7 Å². The van der Waals surface area contributed by atoms with Crippen molar-refractivity contribution in [1.82, 2.24) is 5.32 Å². The third kappa shape index (κ3) is 5.83. The molecule has 0 aliphatic heterocycles. The molecule has 0 heterocycles. The maximum Gasteiger partial charge on any atom is 0.336 e. The van der Waals surface area contributed by atoms with E-state index in [1.54, 1.807) is 0 Å². The highest BCUT2D eigenvalue weighted by molar-refractivity contribution is 5.78. The van der Waals surface area contributed by atoms with E-state index in [0.717, 1.165) is 11.3 Å². The highest BCUT2D eigenvalue weighted by Gasteiger charge is 2.16. The van der Waals surface area contributed by atoms with Gasteiger partial charge in [-0.25, -0.2) is 4.79 Å². The van der Waals surface area contributed by atoms with E-state index < -0.39 is 12.1 Å². The predicted molar refractivity (Wildman–Crippen MR) is 77.0 cm³/mol. The van der Waals surface area contributed by atoms with Gasteiger partial charge in [-0.2, -0.15) is 0 Å². The summed E-state index contributed by atoms with van der Waals surface area (Å²) in [5, 5.41) is 11.8. The average Bonchev–Trinajstić information content (AvgIpc) is 2.51. The number of aryl methyl sites for hydroxylation is 1. The SMILES string of the molecule is CCOc1ccccc1CCC(=O)NCC(O)C(=O)OC. The van der Waals surface area contributed by atoms with E-state index in [-0.39, 0.29) is 18.9 Å². The summed E-state index contributed by atoms with van der Waals surface area (Å²) in [6.45, 7) is 2.31. The molecule has 1 amide bonds. The van der Waals surface area contributed by atoms with Crippen LogP contribution in [-0.4, -0.2) is 43.3 Å². The zero-order valence-electron chi connectivity index (χ0n) is 12.3. The highest BCUT2D eigenvalue weighted by atomic mass is 16.5.